The van der Waals surface area contributed by atoms with Crippen LogP contribution in [0, 0.1) is 0 Å². The lowest BCUT2D eigenvalue weighted by Crippen LogP contribution is -2.26. The number of rotatable bonds is 9. The van der Waals surface area contributed by atoms with Gasteiger partial charge in [-0.05, 0) is 60.7 Å². The summed E-state index contributed by atoms with van der Waals surface area (Å²) in [5.74, 6) is 1.66. The lowest BCUT2D eigenvalue weighted by atomic mass is 10.1. The van der Waals surface area contributed by atoms with Gasteiger partial charge in [0.2, 0.25) is 0 Å². The molecule has 0 bridgehead atoms. The Morgan fingerprint density at radius 1 is 1.00 bits per heavy atom. The standard InChI is InChI=1S/C22H26N2O4/c1-26-18-7-5-16(6-8-18)4-3-13-28-22(25)23-12-11-17-15-24-21-10-9-19(27-2)14-20(17)21/h5-10,14-15,24H,3-4,11-13H2,1-2H3,(H,23,25). The van der Waals surface area contributed by atoms with Gasteiger partial charge in [-0.1, -0.05) is 12.1 Å². The van der Waals surface area contributed by atoms with Gasteiger partial charge in [0, 0.05) is 23.6 Å². The molecule has 0 unspecified atom stereocenters. The molecule has 1 heterocycles. The molecule has 3 aromatic rings. The lowest BCUT2D eigenvalue weighted by Gasteiger charge is -2.07. The summed E-state index contributed by atoms with van der Waals surface area (Å²) >= 11 is 0. The largest absolute Gasteiger partial charge is 0.497 e. The maximum Gasteiger partial charge on any atom is 0.407 e. The predicted octanol–water partition coefficient (Wildman–Crippen LogP) is 4.09. The minimum absolute atomic E-state index is 0.382. The summed E-state index contributed by atoms with van der Waals surface area (Å²) in [6.45, 7) is 0.906. The summed E-state index contributed by atoms with van der Waals surface area (Å²) in [7, 11) is 3.30. The number of ether oxygens (including phenoxy) is 3. The SMILES string of the molecule is COc1ccc(CCCOC(=O)NCCc2c[nH]c3ccc(OC)cc23)cc1. The third kappa shape index (κ3) is 5.19. The molecule has 0 aliphatic rings. The maximum absolute atomic E-state index is 11.9. The number of aryl methyl sites for hydroxylation is 1. The zero-order valence-electron chi connectivity index (χ0n) is 16.3. The number of benzene rings is 2. The molecule has 1 aromatic heterocycles. The van der Waals surface area contributed by atoms with E-state index < -0.39 is 0 Å². The van der Waals surface area contributed by atoms with E-state index in [1.165, 1.54) is 5.56 Å². The molecule has 6 nitrogen and oxygen atoms in total. The van der Waals surface area contributed by atoms with Crippen LogP contribution in [0.5, 0.6) is 11.5 Å². The van der Waals surface area contributed by atoms with Gasteiger partial charge in [0.05, 0.1) is 20.8 Å². The van der Waals surface area contributed by atoms with Crippen LogP contribution in [0.15, 0.2) is 48.7 Å². The molecule has 2 aromatic carbocycles. The van der Waals surface area contributed by atoms with Crippen molar-refractivity contribution in [3.05, 3.63) is 59.8 Å². The topological polar surface area (TPSA) is 72.6 Å². The van der Waals surface area contributed by atoms with Gasteiger partial charge in [-0.2, -0.15) is 0 Å². The Morgan fingerprint density at radius 2 is 1.75 bits per heavy atom. The van der Waals surface area contributed by atoms with Crippen molar-refractivity contribution >= 4 is 17.0 Å². The quantitative estimate of drug-likeness (QED) is 0.547. The van der Waals surface area contributed by atoms with E-state index in [9.17, 15) is 4.79 Å². The molecule has 0 aliphatic carbocycles. The predicted molar refractivity (Wildman–Crippen MR) is 109 cm³/mol. The van der Waals surface area contributed by atoms with Gasteiger partial charge in [0.1, 0.15) is 11.5 Å². The van der Waals surface area contributed by atoms with E-state index in [-0.39, 0.29) is 6.09 Å². The number of amides is 1. The normalized spacial score (nSPS) is 10.6. The van der Waals surface area contributed by atoms with Crippen LogP contribution in [0.25, 0.3) is 10.9 Å². The second-order valence-electron chi connectivity index (χ2n) is 6.49. The van der Waals surface area contributed by atoms with Crippen LogP contribution in [0.3, 0.4) is 0 Å². The average molecular weight is 382 g/mol. The van der Waals surface area contributed by atoms with E-state index in [0.717, 1.165) is 40.8 Å². The highest BCUT2D eigenvalue weighted by Crippen LogP contribution is 2.23. The molecule has 0 spiro atoms. The second-order valence-corrected chi connectivity index (χ2v) is 6.49. The lowest BCUT2D eigenvalue weighted by molar-refractivity contribution is 0.145. The second kappa shape index (κ2) is 9.69. The number of hydrogen-bond donors (Lipinski definition) is 2. The number of carbonyl (C=O) groups excluding carboxylic acids is 1. The molecule has 0 saturated carbocycles. The van der Waals surface area contributed by atoms with Gasteiger partial charge in [-0.25, -0.2) is 4.79 Å². The molecular weight excluding hydrogens is 356 g/mol. The summed E-state index contributed by atoms with van der Waals surface area (Å²) in [5.41, 5.74) is 3.38. The Kier molecular flexibility index (Phi) is 6.78. The number of methoxy groups -OCH3 is 2. The summed E-state index contributed by atoms with van der Waals surface area (Å²) in [4.78, 5) is 15.1. The van der Waals surface area contributed by atoms with Crippen LogP contribution >= 0.6 is 0 Å². The Balaban J connectivity index is 1.36. The number of aromatic nitrogens is 1. The van der Waals surface area contributed by atoms with Gasteiger partial charge in [-0.15, -0.1) is 0 Å². The smallest absolute Gasteiger partial charge is 0.407 e. The first-order valence-electron chi connectivity index (χ1n) is 9.37. The molecule has 6 heteroatoms. The Bertz CT molecular complexity index is 903. The van der Waals surface area contributed by atoms with Crippen molar-refractivity contribution in [3.8, 4) is 11.5 Å². The van der Waals surface area contributed by atoms with Crippen LogP contribution in [0.2, 0.25) is 0 Å². The first kappa shape index (κ1) is 19.6. The molecule has 0 fully saturated rings. The van der Waals surface area contributed by atoms with Crippen LogP contribution in [0.1, 0.15) is 17.5 Å². The fourth-order valence-electron chi connectivity index (χ4n) is 3.07. The number of nitrogens with one attached hydrogen (secondary N) is 2. The fourth-order valence-corrected chi connectivity index (χ4v) is 3.07. The number of aromatic amines is 1. The molecule has 28 heavy (non-hydrogen) atoms. The van der Waals surface area contributed by atoms with Gasteiger partial charge in [0.25, 0.3) is 0 Å². The van der Waals surface area contributed by atoms with Crippen LogP contribution in [0.4, 0.5) is 4.79 Å². The molecule has 0 atom stereocenters. The minimum Gasteiger partial charge on any atom is -0.497 e. The van der Waals surface area contributed by atoms with E-state index in [1.54, 1.807) is 14.2 Å². The van der Waals surface area contributed by atoms with Gasteiger partial charge in [-0.3, -0.25) is 0 Å². The molecule has 2 N–H and O–H groups in total. The van der Waals surface area contributed by atoms with Crippen molar-refractivity contribution in [2.45, 2.75) is 19.3 Å². The third-order valence-corrected chi connectivity index (χ3v) is 4.64. The molecule has 0 radical (unpaired) electrons. The van der Waals surface area contributed by atoms with E-state index in [2.05, 4.69) is 10.3 Å². The monoisotopic (exact) mass is 382 g/mol. The minimum atomic E-state index is -0.382. The van der Waals surface area contributed by atoms with E-state index in [4.69, 9.17) is 14.2 Å². The summed E-state index contributed by atoms with van der Waals surface area (Å²) in [5, 5.41) is 3.91. The third-order valence-electron chi connectivity index (χ3n) is 4.64. The Hall–Kier alpha value is -3.15. The summed E-state index contributed by atoms with van der Waals surface area (Å²) < 4.78 is 15.7. The highest BCUT2D eigenvalue weighted by molar-refractivity contribution is 5.84. The fraction of sp³-hybridized carbons (Fsp3) is 0.318. The number of fused-ring (bicyclic) bond motifs is 1. The Labute approximate surface area is 164 Å². The Morgan fingerprint density at radius 3 is 2.50 bits per heavy atom. The van der Waals surface area contributed by atoms with E-state index in [0.29, 0.717) is 19.6 Å². The summed E-state index contributed by atoms with van der Waals surface area (Å²) in [6.07, 6.45) is 3.93. The molecule has 0 aliphatic heterocycles. The van der Waals surface area contributed by atoms with Crippen molar-refractivity contribution in [2.75, 3.05) is 27.4 Å². The molecule has 0 saturated heterocycles. The van der Waals surface area contributed by atoms with Crippen LogP contribution in [-0.2, 0) is 17.6 Å². The highest BCUT2D eigenvalue weighted by atomic mass is 16.5. The first-order chi connectivity index (χ1) is 13.7. The van der Waals surface area contributed by atoms with Crippen molar-refractivity contribution in [2.24, 2.45) is 0 Å². The molecule has 1 amide bonds. The van der Waals surface area contributed by atoms with Crippen molar-refractivity contribution < 1.29 is 19.0 Å². The van der Waals surface area contributed by atoms with Gasteiger partial charge in [0.15, 0.2) is 0 Å². The first-order valence-corrected chi connectivity index (χ1v) is 9.37. The van der Waals surface area contributed by atoms with Crippen molar-refractivity contribution in [1.82, 2.24) is 10.3 Å². The zero-order valence-corrected chi connectivity index (χ0v) is 16.3. The molecular formula is C22H26N2O4. The highest BCUT2D eigenvalue weighted by Gasteiger charge is 2.07. The number of H-pyrrole nitrogens is 1. The summed E-state index contributed by atoms with van der Waals surface area (Å²) in [6, 6.07) is 13.8. The zero-order chi connectivity index (χ0) is 19.8. The van der Waals surface area contributed by atoms with Crippen molar-refractivity contribution in [1.29, 1.82) is 0 Å². The van der Waals surface area contributed by atoms with Crippen LogP contribution < -0.4 is 14.8 Å². The molecule has 3 rings (SSSR count). The van der Waals surface area contributed by atoms with Crippen LogP contribution in [-0.4, -0.2) is 38.4 Å². The van der Waals surface area contributed by atoms with E-state index >= 15 is 0 Å². The van der Waals surface area contributed by atoms with E-state index in [1.807, 2.05) is 48.7 Å². The number of alkyl carbamates (subject to hydrolysis) is 1. The number of hydrogen-bond acceptors (Lipinski definition) is 4. The van der Waals surface area contributed by atoms with Gasteiger partial charge >= 0.3 is 6.09 Å². The maximum atomic E-state index is 11.9. The van der Waals surface area contributed by atoms with Crippen molar-refractivity contribution in [3.63, 3.8) is 0 Å². The average Bonchev–Trinajstić information content (AvgIpc) is 3.13. The van der Waals surface area contributed by atoms with Gasteiger partial charge < -0.3 is 24.5 Å². The number of carbonyl (C=O) groups is 1. The molecule has 148 valence electrons.